The Balaban J connectivity index is 1.92. The molecule has 0 radical (unpaired) electrons. The summed E-state index contributed by atoms with van der Waals surface area (Å²) in [5.41, 5.74) is 0. The van der Waals surface area contributed by atoms with Crippen LogP contribution in [0, 0.1) is 0 Å². The monoisotopic (exact) mass is 226 g/mol. The molecule has 3 nitrogen and oxygen atoms in total. The Morgan fingerprint density at radius 2 is 2.00 bits per heavy atom. The molecule has 1 aliphatic rings. The van der Waals surface area contributed by atoms with Gasteiger partial charge in [-0.2, -0.15) is 0 Å². The summed E-state index contributed by atoms with van der Waals surface area (Å²) in [4.78, 5) is 4.18. The highest BCUT2D eigenvalue weighted by atomic mass is 35.5. The number of anilines is 1. The van der Waals surface area contributed by atoms with E-state index in [1.807, 2.05) is 12.1 Å². The minimum absolute atomic E-state index is 0.115. The summed E-state index contributed by atoms with van der Waals surface area (Å²) in [6.45, 7) is 0. The number of nitrogens with one attached hydrogen (secondary N) is 1. The Bertz CT molecular complexity index is 324. The van der Waals surface area contributed by atoms with Gasteiger partial charge in [-0.1, -0.05) is 17.7 Å². The molecule has 0 atom stereocenters. The van der Waals surface area contributed by atoms with Crippen molar-refractivity contribution in [2.24, 2.45) is 0 Å². The molecule has 2 rings (SSSR count). The summed E-state index contributed by atoms with van der Waals surface area (Å²) in [5.74, 6) is 0.823. The Labute approximate surface area is 94.5 Å². The molecule has 0 amide bonds. The zero-order valence-electron chi connectivity index (χ0n) is 8.49. The number of hydrogen-bond donors (Lipinski definition) is 2. The molecule has 1 heterocycles. The normalized spacial score (nSPS) is 26.3. The molecule has 0 aromatic carbocycles. The minimum Gasteiger partial charge on any atom is -0.393 e. The van der Waals surface area contributed by atoms with Gasteiger partial charge in [0.1, 0.15) is 11.0 Å². The highest BCUT2D eigenvalue weighted by molar-refractivity contribution is 6.29. The maximum atomic E-state index is 9.37. The van der Waals surface area contributed by atoms with Crippen molar-refractivity contribution >= 4 is 17.4 Å². The van der Waals surface area contributed by atoms with Crippen LogP contribution >= 0.6 is 11.6 Å². The van der Waals surface area contributed by atoms with Crippen LogP contribution in [-0.4, -0.2) is 22.2 Å². The number of aliphatic hydroxyl groups is 1. The molecule has 1 aliphatic carbocycles. The van der Waals surface area contributed by atoms with E-state index >= 15 is 0 Å². The summed E-state index contributed by atoms with van der Waals surface area (Å²) < 4.78 is 0. The zero-order chi connectivity index (χ0) is 10.7. The highest BCUT2D eigenvalue weighted by Crippen LogP contribution is 2.21. The Morgan fingerprint density at radius 1 is 1.27 bits per heavy atom. The van der Waals surface area contributed by atoms with E-state index in [1.54, 1.807) is 6.07 Å². The van der Waals surface area contributed by atoms with Crippen LogP contribution in [0.25, 0.3) is 0 Å². The van der Waals surface area contributed by atoms with Gasteiger partial charge in [-0.15, -0.1) is 0 Å². The molecule has 0 spiro atoms. The number of pyridine rings is 1. The van der Waals surface area contributed by atoms with Crippen LogP contribution in [0.1, 0.15) is 25.7 Å². The van der Waals surface area contributed by atoms with E-state index in [-0.39, 0.29) is 6.10 Å². The lowest BCUT2D eigenvalue weighted by atomic mass is 9.93. The van der Waals surface area contributed by atoms with E-state index in [0.717, 1.165) is 31.5 Å². The second-order valence-electron chi connectivity index (χ2n) is 4.00. The minimum atomic E-state index is -0.115. The highest BCUT2D eigenvalue weighted by Gasteiger charge is 2.19. The van der Waals surface area contributed by atoms with Crippen molar-refractivity contribution in [2.75, 3.05) is 5.32 Å². The predicted molar refractivity (Wildman–Crippen MR) is 61.1 cm³/mol. The molecule has 15 heavy (non-hydrogen) atoms. The van der Waals surface area contributed by atoms with E-state index in [9.17, 15) is 5.11 Å². The van der Waals surface area contributed by atoms with Crippen LogP contribution in [0.2, 0.25) is 5.15 Å². The maximum Gasteiger partial charge on any atom is 0.131 e. The van der Waals surface area contributed by atoms with E-state index in [0.29, 0.717) is 11.2 Å². The molecule has 4 heteroatoms. The van der Waals surface area contributed by atoms with Crippen molar-refractivity contribution in [1.82, 2.24) is 4.98 Å². The van der Waals surface area contributed by atoms with Gasteiger partial charge in [-0.3, -0.25) is 0 Å². The lowest BCUT2D eigenvalue weighted by Crippen LogP contribution is -2.28. The van der Waals surface area contributed by atoms with Gasteiger partial charge in [0.25, 0.3) is 0 Å². The SMILES string of the molecule is OC1CCC(Nc2cccc(Cl)n2)CC1. The topological polar surface area (TPSA) is 45.1 Å². The fraction of sp³-hybridized carbons (Fsp3) is 0.545. The lowest BCUT2D eigenvalue weighted by molar-refractivity contribution is 0.126. The van der Waals surface area contributed by atoms with Gasteiger partial charge >= 0.3 is 0 Å². The molecule has 0 saturated heterocycles. The molecule has 0 aliphatic heterocycles. The van der Waals surface area contributed by atoms with Crippen LogP contribution in [0.4, 0.5) is 5.82 Å². The van der Waals surface area contributed by atoms with E-state index < -0.39 is 0 Å². The molecule has 1 saturated carbocycles. The quantitative estimate of drug-likeness (QED) is 0.762. The molecule has 0 unspecified atom stereocenters. The van der Waals surface area contributed by atoms with Gasteiger partial charge in [0, 0.05) is 6.04 Å². The maximum absolute atomic E-state index is 9.37. The molecular formula is C11H15ClN2O. The standard InChI is InChI=1S/C11H15ClN2O/c12-10-2-1-3-11(14-10)13-8-4-6-9(15)7-5-8/h1-3,8-9,15H,4-7H2,(H,13,14). The van der Waals surface area contributed by atoms with Crippen LogP contribution in [0.15, 0.2) is 18.2 Å². The second-order valence-corrected chi connectivity index (χ2v) is 4.38. The number of aromatic nitrogens is 1. The van der Waals surface area contributed by atoms with Crippen molar-refractivity contribution < 1.29 is 5.11 Å². The van der Waals surface area contributed by atoms with Crippen LogP contribution in [0.5, 0.6) is 0 Å². The third-order valence-corrected chi connectivity index (χ3v) is 2.97. The summed E-state index contributed by atoms with van der Waals surface area (Å²) >= 11 is 5.79. The number of hydrogen-bond acceptors (Lipinski definition) is 3. The van der Waals surface area contributed by atoms with Crippen LogP contribution in [0.3, 0.4) is 0 Å². The molecule has 2 N–H and O–H groups in total. The number of aliphatic hydroxyl groups excluding tert-OH is 1. The molecule has 1 aromatic heterocycles. The van der Waals surface area contributed by atoms with Crippen LogP contribution in [-0.2, 0) is 0 Å². The van der Waals surface area contributed by atoms with Crippen molar-refractivity contribution in [1.29, 1.82) is 0 Å². The average Bonchev–Trinajstić information content (AvgIpc) is 2.22. The Kier molecular flexibility index (Phi) is 3.44. The van der Waals surface area contributed by atoms with Gasteiger partial charge in [0.05, 0.1) is 6.10 Å². The van der Waals surface area contributed by atoms with Gasteiger partial charge in [-0.05, 0) is 37.8 Å². The lowest BCUT2D eigenvalue weighted by Gasteiger charge is -2.26. The first-order valence-electron chi connectivity index (χ1n) is 5.31. The van der Waals surface area contributed by atoms with Crippen LogP contribution < -0.4 is 5.32 Å². The van der Waals surface area contributed by atoms with Crippen molar-refractivity contribution in [2.45, 2.75) is 37.8 Å². The van der Waals surface area contributed by atoms with Gasteiger partial charge < -0.3 is 10.4 Å². The number of halogens is 1. The molecule has 0 bridgehead atoms. The van der Waals surface area contributed by atoms with Crippen molar-refractivity contribution in [3.05, 3.63) is 23.4 Å². The summed E-state index contributed by atoms with van der Waals surface area (Å²) in [6.07, 6.45) is 3.62. The van der Waals surface area contributed by atoms with Gasteiger partial charge in [0.15, 0.2) is 0 Å². The third-order valence-electron chi connectivity index (χ3n) is 2.76. The smallest absolute Gasteiger partial charge is 0.131 e. The predicted octanol–water partition coefficient (Wildman–Crippen LogP) is 2.45. The van der Waals surface area contributed by atoms with Gasteiger partial charge in [0.2, 0.25) is 0 Å². The van der Waals surface area contributed by atoms with E-state index in [4.69, 9.17) is 11.6 Å². The molecule has 1 aromatic rings. The molecular weight excluding hydrogens is 212 g/mol. The summed E-state index contributed by atoms with van der Waals surface area (Å²) in [5, 5.41) is 13.2. The molecule has 82 valence electrons. The van der Waals surface area contributed by atoms with Crippen molar-refractivity contribution in [3.8, 4) is 0 Å². The summed E-state index contributed by atoms with van der Waals surface area (Å²) in [7, 11) is 0. The molecule has 1 fully saturated rings. The first-order valence-corrected chi connectivity index (χ1v) is 5.69. The Hall–Kier alpha value is -0.800. The summed E-state index contributed by atoms with van der Waals surface area (Å²) in [6, 6.07) is 5.98. The largest absolute Gasteiger partial charge is 0.393 e. The first kappa shape index (κ1) is 10.7. The third kappa shape index (κ3) is 3.08. The van der Waals surface area contributed by atoms with Crippen molar-refractivity contribution in [3.63, 3.8) is 0 Å². The van der Waals surface area contributed by atoms with E-state index in [1.165, 1.54) is 0 Å². The second kappa shape index (κ2) is 4.81. The number of nitrogens with zero attached hydrogens (tertiary/aromatic N) is 1. The first-order chi connectivity index (χ1) is 7.24. The zero-order valence-corrected chi connectivity index (χ0v) is 9.24. The van der Waals surface area contributed by atoms with Gasteiger partial charge in [-0.25, -0.2) is 4.98 Å². The Morgan fingerprint density at radius 3 is 2.67 bits per heavy atom. The fourth-order valence-electron chi connectivity index (χ4n) is 1.92. The number of rotatable bonds is 2. The van der Waals surface area contributed by atoms with E-state index in [2.05, 4.69) is 10.3 Å². The fourth-order valence-corrected chi connectivity index (χ4v) is 2.08. The average molecular weight is 227 g/mol.